The summed E-state index contributed by atoms with van der Waals surface area (Å²) in [5, 5.41) is 3.18. The fourth-order valence-corrected chi connectivity index (χ4v) is 1.39. The van der Waals surface area contributed by atoms with Crippen molar-refractivity contribution in [2.24, 2.45) is 11.7 Å². The Morgan fingerprint density at radius 1 is 1.59 bits per heavy atom. The molecule has 0 saturated heterocycles. The van der Waals surface area contributed by atoms with Crippen molar-refractivity contribution in [1.82, 2.24) is 15.3 Å². The number of nitrogens with two attached hydrogens (primary N) is 1. The van der Waals surface area contributed by atoms with Crippen LogP contribution in [-0.4, -0.2) is 22.4 Å². The molecule has 0 saturated carbocycles. The van der Waals surface area contributed by atoms with Gasteiger partial charge in [-0.25, -0.2) is 4.98 Å². The largest absolute Gasteiger partial charge is 0.369 e. The quantitative estimate of drug-likeness (QED) is 0.624. The summed E-state index contributed by atoms with van der Waals surface area (Å²) in [5.41, 5.74) is 5.40. The average Bonchev–Trinajstić information content (AvgIpc) is 2.14. The highest BCUT2D eigenvalue weighted by molar-refractivity contribution is 5.75. The van der Waals surface area contributed by atoms with Crippen LogP contribution in [0, 0.1) is 5.92 Å². The highest BCUT2D eigenvalue weighted by atomic mass is 16.1. The van der Waals surface area contributed by atoms with Crippen molar-refractivity contribution in [1.29, 1.82) is 0 Å². The molecule has 1 rings (SSSR count). The van der Waals surface area contributed by atoms with Gasteiger partial charge in [0.15, 0.2) is 0 Å². The number of carbonyl (C=O) groups is 1. The fourth-order valence-electron chi connectivity index (χ4n) is 1.39. The molecule has 0 unspecified atom stereocenters. The molecule has 1 amide bonds. The van der Waals surface area contributed by atoms with E-state index >= 15 is 0 Å². The van der Waals surface area contributed by atoms with Crippen LogP contribution < -0.4 is 16.6 Å². The molecule has 0 aliphatic heterocycles. The lowest BCUT2D eigenvalue weighted by Gasteiger charge is -2.07. The van der Waals surface area contributed by atoms with Gasteiger partial charge in [-0.05, 0) is 12.5 Å². The molecule has 0 aromatic carbocycles. The number of nitrogens with one attached hydrogen (secondary N) is 2. The molecular formula is C11H18N4O2. The number of rotatable bonds is 6. The number of amides is 1. The second-order valence-electron chi connectivity index (χ2n) is 4.35. The van der Waals surface area contributed by atoms with E-state index in [1.165, 1.54) is 6.07 Å². The van der Waals surface area contributed by atoms with Crippen LogP contribution in [0.4, 0.5) is 0 Å². The van der Waals surface area contributed by atoms with Crippen LogP contribution in [0.3, 0.4) is 0 Å². The predicted molar refractivity (Wildman–Crippen MR) is 64.3 cm³/mol. The SMILES string of the molecule is CC(C)CNCc1cc(=O)[nH]c(CC(N)=O)n1. The standard InChI is InChI=1S/C11H18N4O2/c1-7(2)5-13-6-8-3-11(17)15-10(14-8)4-9(12)16/h3,7,13H,4-6H2,1-2H3,(H2,12,16)(H,14,15,17). The Bertz CT molecular complexity index is 439. The Balaban J connectivity index is 2.68. The van der Waals surface area contributed by atoms with Gasteiger partial charge in [-0.15, -0.1) is 0 Å². The first kappa shape index (κ1) is 13.4. The predicted octanol–water partition coefficient (Wildman–Crippen LogP) is -0.457. The highest BCUT2D eigenvalue weighted by Gasteiger charge is 2.04. The molecule has 4 N–H and O–H groups in total. The summed E-state index contributed by atoms with van der Waals surface area (Å²) < 4.78 is 0. The van der Waals surface area contributed by atoms with Gasteiger partial charge in [0.25, 0.3) is 5.56 Å². The Kier molecular flexibility index (Phi) is 4.84. The highest BCUT2D eigenvalue weighted by Crippen LogP contribution is 1.94. The first-order chi connectivity index (χ1) is 7.97. The van der Waals surface area contributed by atoms with Crippen LogP contribution >= 0.6 is 0 Å². The van der Waals surface area contributed by atoms with Crippen molar-refractivity contribution in [3.05, 3.63) is 27.9 Å². The third kappa shape index (κ3) is 5.26. The van der Waals surface area contributed by atoms with E-state index in [0.717, 1.165) is 6.54 Å². The third-order valence-electron chi connectivity index (χ3n) is 2.04. The molecule has 6 nitrogen and oxygen atoms in total. The summed E-state index contributed by atoms with van der Waals surface area (Å²) in [6, 6.07) is 1.41. The number of carbonyl (C=O) groups excluding carboxylic acids is 1. The smallest absolute Gasteiger partial charge is 0.251 e. The second kappa shape index (κ2) is 6.15. The van der Waals surface area contributed by atoms with Crippen molar-refractivity contribution >= 4 is 5.91 Å². The summed E-state index contributed by atoms with van der Waals surface area (Å²) in [6.45, 7) is 5.54. The molecule has 0 atom stereocenters. The second-order valence-corrected chi connectivity index (χ2v) is 4.35. The van der Waals surface area contributed by atoms with E-state index in [4.69, 9.17) is 5.73 Å². The zero-order chi connectivity index (χ0) is 12.8. The maximum atomic E-state index is 11.3. The molecule has 0 spiro atoms. The first-order valence-electron chi connectivity index (χ1n) is 5.55. The van der Waals surface area contributed by atoms with Crippen LogP contribution in [0.2, 0.25) is 0 Å². The molecule has 1 aromatic rings. The van der Waals surface area contributed by atoms with E-state index in [1.807, 2.05) is 0 Å². The van der Waals surface area contributed by atoms with Crippen molar-refractivity contribution < 1.29 is 4.79 Å². The molecule has 1 aromatic heterocycles. The molecular weight excluding hydrogens is 220 g/mol. The van der Waals surface area contributed by atoms with Crippen LogP contribution in [-0.2, 0) is 17.8 Å². The maximum absolute atomic E-state index is 11.3. The van der Waals surface area contributed by atoms with E-state index in [1.54, 1.807) is 0 Å². The normalized spacial score (nSPS) is 10.8. The van der Waals surface area contributed by atoms with Crippen LogP contribution in [0.1, 0.15) is 25.4 Å². The van der Waals surface area contributed by atoms with E-state index in [2.05, 4.69) is 29.1 Å². The monoisotopic (exact) mass is 238 g/mol. The molecule has 0 aliphatic rings. The molecule has 0 bridgehead atoms. The third-order valence-corrected chi connectivity index (χ3v) is 2.04. The minimum atomic E-state index is -0.513. The Labute approximate surface area is 99.6 Å². The molecule has 17 heavy (non-hydrogen) atoms. The summed E-state index contributed by atoms with van der Waals surface area (Å²) >= 11 is 0. The lowest BCUT2D eigenvalue weighted by atomic mass is 10.2. The lowest BCUT2D eigenvalue weighted by molar-refractivity contribution is -0.117. The zero-order valence-electron chi connectivity index (χ0n) is 10.1. The van der Waals surface area contributed by atoms with Crippen LogP contribution in [0.5, 0.6) is 0 Å². The van der Waals surface area contributed by atoms with Gasteiger partial charge in [0.2, 0.25) is 5.91 Å². The average molecular weight is 238 g/mol. The number of hydrogen-bond acceptors (Lipinski definition) is 4. The fraction of sp³-hybridized carbons (Fsp3) is 0.545. The van der Waals surface area contributed by atoms with E-state index in [0.29, 0.717) is 24.0 Å². The van der Waals surface area contributed by atoms with Gasteiger partial charge >= 0.3 is 0 Å². The molecule has 0 aliphatic carbocycles. The lowest BCUT2D eigenvalue weighted by Crippen LogP contribution is -2.24. The summed E-state index contributed by atoms with van der Waals surface area (Å²) in [6.07, 6.45) is -0.0484. The van der Waals surface area contributed by atoms with Gasteiger partial charge in [-0.1, -0.05) is 13.8 Å². The number of hydrogen-bond donors (Lipinski definition) is 3. The topological polar surface area (TPSA) is 101 Å². The van der Waals surface area contributed by atoms with Gasteiger partial charge < -0.3 is 16.0 Å². The summed E-state index contributed by atoms with van der Waals surface area (Å²) in [7, 11) is 0. The van der Waals surface area contributed by atoms with E-state index < -0.39 is 5.91 Å². The van der Waals surface area contributed by atoms with Crippen molar-refractivity contribution in [3.8, 4) is 0 Å². The van der Waals surface area contributed by atoms with Crippen molar-refractivity contribution in [2.75, 3.05) is 6.54 Å². The van der Waals surface area contributed by atoms with Gasteiger partial charge in [0.05, 0.1) is 12.1 Å². The van der Waals surface area contributed by atoms with Crippen molar-refractivity contribution in [3.63, 3.8) is 0 Å². The Morgan fingerprint density at radius 3 is 2.88 bits per heavy atom. The molecule has 0 fully saturated rings. The minimum absolute atomic E-state index is 0.0484. The molecule has 94 valence electrons. The summed E-state index contributed by atoms with van der Waals surface area (Å²) in [4.78, 5) is 28.7. The maximum Gasteiger partial charge on any atom is 0.251 e. The Morgan fingerprint density at radius 2 is 2.29 bits per heavy atom. The van der Waals surface area contributed by atoms with Gasteiger partial charge in [-0.2, -0.15) is 0 Å². The minimum Gasteiger partial charge on any atom is -0.369 e. The molecule has 6 heteroatoms. The van der Waals surface area contributed by atoms with Crippen LogP contribution in [0.25, 0.3) is 0 Å². The van der Waals surface area contributed by atoms with Crippen molar-refractivity contribution in [2.45, 2.75) is 26.8 Å². The molecule has 0 radical (unpaired) electrons. The number of nitrogens with zero attached hydrogens (tertiary/aromatic N) is 1. The zero-order valence-corrected chi connectivity index (χ0v) is 10.1. The van der Waals surface area contributed by atoms with Crippen LogP contribution in [0.15, 0.2) is 10.9 Å². The van der Waals surface area contributed by atoms with Gasteiger partial charge in [0.1, 0.15) is 5.82 Å². The van der Waals surface area contributed by atoms with Gasteiger partial charge in [-0.3, -0.25) is 9.59 Å². The summed E-state index contributed by atoms with van der Waals surface area (Å²) in [5.74, 6) is 0.328. The molecule has 1 heterocycles. The number of primary amides is 1. The first-order valence-corrected chi connectivity index (χ1v) is 5.55. The number of H-pyrrole nitrogens is 1. The number of aromatic amines is 1. The van der Waals surface area contributed by atoms with Gasteiger partial charge in [0, 0.05) is 12.6 Å². The van der Waals surface area contributed by atoms with E-state index in [9.17, 15) is 9.59 Å². The van der Waals surface area contributed by atoms with E-state index in [-0.39, 0.29) is 12.0 Å². The number of aromatic nitrogens is 2. The Hall–Kier alpha value is -1.69.